The molecule has 1 atom stereocenters. The third kappa shape index (κ3) is 10.9. The summed E-state index contributed by atoms with van der Waals surface area (Å²) in [5.41, 5.74) is 1.89. The smallest absolute Gasteiger partial charge is 0.382 e. The molecule has 3 rings (SSSR count). The predicted molar refractivity (Wildman–Crippen MR) is 162 cm³/mol. The monoisotopic (exact) mass is 603 g/mol. The van der Waals surface area contributed by atoms with Crippen molar-refractivity contribution < 1.29 is 27.6 Å². The Balaban J connectivity index is 1.67. The van der Waals surface area contributed by atoms with Crippen LogP contribution in [0.15, 0.2) is 36.4 Å². The van der Waals surface area contributed by atoms with Gasteiger partial charge in [0.05, 0.1) is 17.7 Å². The molecule has 1 aliphatic carbocycles. The maximum absolute atomic E-state index is 13.5. The van der Waals surface area contributed by atoms with Crippen LogP contribution in [0.5, 0.6) is 0 Å². The minimum Gasteiger partial charge on any atom is -0.382 e. The van der Waals surface area contributed by atoms with Crippen molar-refractivity contribution in [2.75, 3.05) is 18.4 Å². The Morgan fingerprint density at radius 3 is 2.28 bits per heavy atom. The van der Waals surface area contributed by atoms with Gasteiger partial charge < -0.3 is 26.6 Å². The Hall–Kier alpha value is -3.60. The summed E-state index contributed by atoms with van der Waals surface area (Å²) in [6, 6.07) is 8.17. The highest BCUT2D eigenvalue weighted by Gasteiger charge is 2.32. The summed E-state index contributed by atoms with van der Waals surface area (Å²) >= 11 is 0. The maximum Gasteiger partial charge on any atom is 0.416 e. The van der Waals surface area contributed by atoms with Gasteiger partial charge in [0.15, 0.2) is 0 Å². The number of carbonyl (C=O) groups excluding carboxylic acids is 3. The Morgan fingerprint density at radius 1 is 0.953 bits per heavy atom. The third-order valence-corrected chi connectivity index (χ3v) is 7.28. The standard InChI is InChI=1S/C32H44F3N5O3/c1-20-11-12-22(21(2)15-20)17-36-18-27(30(43)40-31(3,4)5)39-28(41)19-37-29(42)25-16-23(32(33,34)35)13-14-26(25)38-24-9-7-6-8-10-24/h11-16,24,27,36,38H,6-10,17-19H2,1-5H3,(H,37,42)(H,39,41)(H,40,43). The molecule has 2 aromatic carbocycles. The van der Waals surface area contributed by atoms with Gasteiger partial charge in [0, 0.05) is 30.4 Å². The number of anilines is 1. The minimum absolute atomic E-state index is 0.0543. The molecular weight excluding hydrogens is 559 g/mol. The lowest BCUT2D eigenvalue weighted by molar-refractivity contribution is -0.137. The molecule has 236 valence electrons. The number of alkyl halides is 3. The highest BCUT2D eigenvalue weighted by Crippen LogP contribution is 2.33. The molecule has 1 fully saturated rings. The van der Waals surface area contributed by atoms with Crippen LogP contribution in [-0.4, -0.2) is 48.4 Å². The summed E-state index contributed by atoms with van der Waals surface area (Å²) in [5, 5.41) is 14.4. The zero-order valence-corrected chi connectivity index (χ0v) is 25.6. The maximum atomic E-state index is 13.5. The summed E-state index contributed by atoms with van der Waals surface area (Å²) in [6.45, 7) is 9.55. The van der Waals surface area contributed by atoms with Gasteiger partial charge in [-0.15, -0.1) is 0 Å². The molecule has 1 unspecified atom stereocenters. The first kappa shape index (κ1) is 33.9. The molecule has 43 heavy (non-hydrogen) atoms. The Kier molecular flexibility index (Phi) is 11.6. The first-order chi connectivity index (χ1) is 20.1. The Labute approximate surface area is 252 Å². The molecule has 1 saturated carbocycles. The van der Waals surface area contributed by atoms with E-state index < -0.39 is 47.6 Å². The molecule has 0 aliphatic heterocycles. The zero-order chi connectivity index (χ0) is 31.8. The van der Waals surface area contributed by atoms with E-state index in [0.717, 1.165) is 60.9 Å². The van der Waals surface area contributed by atoms with Gasteiger partial charge in [-0.1, -0.05) is 43.0 Å². The molecule has 0 radical (unpaired) electrons. The topological polar surface area (TPSA) is 111 Å². The Morgan fingerprint density at radius 2 is 1.65 bits per heavy atom. The molecular formula is C32H44F3N5O3. The lowest BCUT2D eigenvalue weighted by atomic mass is 9.95. The number of hydrogen-bond acceptors (Lipinski definition) is 5. The third-order valence-electron chi connectivity index (χ3n) is 7.28. The molecule has 2 aromatic rings. The van der Waals surface area contributed by atoms with Crippen LogP contribution >= 0.6 is 0 Å². The fourth-order valence-electron chi connectivity index (χ4n) is 5.06. The zero-order valence-electron chi connectivity index (χ0n) is 25.6. The summed E-state index contributed by atoms with van der Waals surface area (Å²) in [5.74, 6) is -1.87. The van der Waals surface area contributed by atoms with Crippen molar-refractivity contribution in [3.8, 4) is 0 Å². The van der Waals surface area contributed by atoms with E-state index in [1.54, 1.807) is 0 Å². The fourth-order valence-corrected chi connectivity index (χ4v) is 5.06. The molecule has 0 bridgehead atoms. The van der Waals surface area contributed by atoms with E-state index in [2.05, 4.69) is 32.7 Å². The van der Waals surface area contributed by atoms with Crippen molar-refractivity contribution in [3.63, 3.8) is 0 Å². The van der Waals surface area contributed by atoms with Crippen LogP contribution in [-0.2, 0) is 22.3 Å². The van der Waals surface area contributed by atoms with Gasteiger partial charge in [-0.25, -0.2) is 0 Å². The molecule has 8 nitrogen and oxygen atoms in total. The van der Waals surface area contributed by atoms with E-state index >= 15 is 0 Å². The van der Waals surface area contributed by atoms with Gasteiger partial charge in [0.2, 0.25) is 11.8 Å². The van der Waals surface area contributed by atoms with Crippen molar-refractivity contribution in [3.05, 3.63) is 64.2 Å². The van der Waals surface area contributed by atoms with Crippen LogP contribution in [0, 0.1) is 13.8 Å². The SMILES string of the molecule is Cc1ccc(CNCC(NC(=O)CNC(=O)c2cc(C(F)(F)F)ccc2NC2CCCCC2)C(=O)NC(C)(C)C)c(C)c1. The second-order valence-electron chi connectivity index (χ2n) is 12.3. The molecule has 5 N–H and O–H groups in total. The average molecular weight is 604 g/mol. The van der Waals surface area contributed by atoms with Crippen LogP contribution < -0.4 is 26.6 Å². The lowest BCUT2D eigenvalue weighted by Crippen LogP contribution is -2.56. The molecule has 3 amide bonds. The summed E-state index contributed by atoms with van der Waals surface area (Å²) < 4.78 is 40.4. The Bertz CT molecular complexity index is 1280. The van der Waals surface area contributed by atoms with Crippen LogP contribution in [0.2, 0.25) is 0 Å². The quantitative estimate of drug-likeness (QED) is 0.249. The largest absolute Gasteiger partial charge is 0.416 e. The van der Waals surface area contributed by atoms with E-state index in [1.807, 2.05) is 46.8 Å². The van der Waals surface area contributed by atoms with E-state index in [-0.39, 0.29) is 23.8 Å². The number of halogens is 3. The van der Waals surface area contributed by atoms with E-state index in [4.69, 9.17) is 0 Å². The first-order valence-electron chi connectivity index (χ1n) is 14.8. The van der Waals surface area contributed by atoms with Crippen LogP contribution in [0.25, 0.3) is 0 Å². The normalized spacial score (nSPS) is 15.0. The van der Waals surface area contributed by atoms with Crippen LogP contribution in [0.4, 0.5) is 18.9 Å². The lowest BCUT2D eigenvalue weighted by Gasteiger charge is -2.26. The van der Waals surface area contributed by atoms with Crippen molar-refractivity contribution in [2.24, 2.45) is 0 Å². The highest BCUT2D eigenvalue weighted by atomic mass is 19.4. The fraction of sp³-hybridized carbons (Fsp3) is 0.531. The molecule has 0 heterocycles. The highest BCUT2D eigenvalue weighted by molar-refractivity contribution is 6.01. The molecule has 0 aromatic heterocycles. The van der Waals surface area contributed by atoms with Crippen molar-refractivity contribution in [2.45, 2.75) is 97.1 Å². The number of aryl methyl sites for hydroxylation is 2. The summed E-state index contributed by atoms with van der Waals surface area (Å²) in [7, 11) is 0. The second kappa shape index (κ2) is 14.7. The molecule has 0 saturated heterocycles. The number of rotatable bonds is 11. The van der Waals surface area contributed by atoms with E-state index in [9.17, 15) is 27.6 Å². The summed E-state index contributed by atoms with van der Waals surface area (Å²) in [4.78, 5) is 39.0. The first-order valence-corrected chi connectivity index (χ1v) is 14.8. The number of nitrogens with one attached hydrogen (secondary N) is 5. The summed E-state index contributed by atoms with van der Waals surface area (Å²) in [6.07, 6.45) is 0.198. The number of hydrogen-bond donors (Lipinski definition) is 5. The van der Waals surface area contributed by atoms with Crippen molar-refractivity contribution in [1.82, 2.24) is 21.3 Å². The number of amides is 3. The van der Waals surface area contributed by atoms with Gasteiger partial charge in [0.1, 0.15) is 6.04 Å². The van der Waals surface area contributed by atoms with Gasteiger partial charge in [-0.2, -0.15) is 13.2 Å². The van der Waals surface area contributed by atoms with E-state index in [1.165, 1.54) is 6.07 Å². The van der Waals surface area contributed by atoms with Crippen molar-refractivity contribution in [1.29, 1.82) is 0 Å². The second-order valence-corrected chi connectivity index (χ2v) is 12.3. The van der Waals surface area contributed by atoms with Gasteiger partial charge in [-0.05, 0) is 76.8 Å². The molecule has 0 spiro atoms. The van der Waals surface area contributed by atoms with E-state index in [0.29, 0.717) is 6.54 Å². The minimum atomic E-state index is -4.63. The van der Waals surface area contributed by atoms with Crippen LogP contribution in [0.3, 0.4) is 0 Å². The van der Waals surface area contributed by atoms with Gasteiger partial charge >= 0.3 is 6.18 Å². The number of benzene rings is 2. The van der Waals surface area contributed by atoms with Gasteiger partial charge in [-0.3, -0.25) is 14.4 Å². The molecule has 11 heteroatoms. The molecule has 1 aliphatic rings. The number of carbonyl (C=O) groups is 3. The average Bonchev–Trinajstić information content (AvgIpc) is 2.91. The predicted octanol–water partition coefficient (Wildman–Crippen LogP) is 4.99. The van der Waals surface area contributed by atoms with Crippen molar-refractivity contribution >= 4 is 23.4 Å². The van der Waals surface area contributed by atoms with Gasteiger partial charge in [0.25, 0.3) is 5.91 Å². The van der Waals surface area contributed by atoms with Crippen LogP contribution in [0.1, 0.15) is 85.5 Å².